The fourth-order valence-corrected chi connectivity index (χ4v) is 3.78. The molecule has 0 unspecified atom stereocenters. The SMILES string of the molecule is Cc1nc2ccc(-c3ccn4nc(NC5CN(C)C5)ncc34)nc2n1CC(F)F. The van der Waals surface area contributed by atoms with Crippen LogP contribution in [0.2, 0.25) is 0 Å². The van der Waals surface area contributed by atoms with Gasteiger partial charge in [-0.15, -0.1) is 5.10 Å². The van der Waals surface area contributed by atoms with E-state index in [9.17, 15) is 8.78 Å². The Balaban J connectivity index is 1.50. The van der Waals surface area contributed by atoms with Crippen molar-refractivity contribution in [2.75, 3.05) is 25.5 Å². The van der Waals surface area contributed by atoms with Gasteiger partial charge in [-0.25, -0.2) is 28.2 Å². The number of aryl methyl sites for hydroxylation is 1. The predicted octanol–water partition coefficient (Wildman–Crippen LogP) is 2.44. The van der Waals surface area contributed by atoms with Crippen molar-refractivity contribution in [3.63, 3.8) is 0 Å². The van der Waals surface area contributed by atoms with Gasteiger partial charge < -0.3 is 14.8 Å². The molecule has 1 fully saturated rings. The van der Waals surface area contributed by atoms with E-state index in [1.165, 1.54) is 4.57 Å². The predicted molar refractivity (Wildman–Crippen MR) is 105 cm³/mol. The van der Waals surface area contributed by atoms with Gasteiger partial charge in [0.25, 0.3) is 6.43 Å². The first kappa shape index (κ1) is 17.9. The van der Waals surface area contributed by atoms with Gasteiger partial charge in [0.2, 0.25) is 5.95 Å². The number of rotatable bonds is 5. The summed E-state index contributed by atoms with van der Waals surface area (Å²) < 4.78 is 29.1. The lowest BCUT2D eigenvalue weighted by atomic mass is 10.1. The molecule has 5 heterocycles. The molecule has 1 aliphatic heterocycles. The molecule has 0 atom stereocenters. The second-order valence-corrected chi connectivity index (χ2v) is 7.40. The first-order valence-electron chi connectivity index (χ1n) is 9.40. The van der Waals surface area contributed by atoms with Crippen LogP contribution in [0.25, 0.3) is 27.9 Å². The number of halogens is 2. The first-order chi connectivity index (χ1) is 14.0. The van der Waals surface area contributed by atoms with Crippen molar-refractivity contribution < 1.29 is 8.78 Å². The number of pyridine rings is 1. The minimum Gasteiger partial charge on any atom is -0.348 e. The number of anilines is 1. The third-order valence-corrected chi connectivity index (χ3v) is 5.19. The molecule has 0 aromatic carbocycles. The summed E-state index contributed by atoms with van der Waals surface area (Å²) in [5.41, 5.74) is 3.35. The topological polar surface area (TPSA) is 76.2 Å². The third-order valence-electron chi connectivity index (χ3n) is 5.19. The lowest BCUT2D eigenvalue weighted by molar-refractivity contribution is 0.127. The van der Waals surface area contributed by atoms with Crippen molar-refractivity contribution in [2.24, 2.45) is 0 Å². The van der Waals surface area contributed by atoms with Gasteiger partial charge in [0, 0.05) is 24.8 Å². The van der Waals surface area contributed by atoms with E-state index in [1.807, 2.05) is 18.3 Å². The van der Waals surface area contributed by atoms with Crippen molar-refractivity contribution >= 4 is 22.6 Å². The van der Waals surface area contributed by atoms with E-state index in [0.717, 1.165) is 24.2 Å². The summed E-state index contributed by atoms with van der Waals surface area (Å²) in [5.74, 6) is 1.10. The number of nitrogens with one attached hydrogen (secondary N) is 1. The van der Waals surface area contributed by atoms with E-state index >= 15 is 0 Å². The van der Waals surface area contributed by atoms with E-state index in [1.54, 1.807) is 23.7 Å². The molecule has 1 saturated heterocycles. The van der Waals surface area contributed by atoms with Gasteiger partial charge in [0.15, 0.2) is 5.65 Å². The molecule has 8 nitrogen and oxygen atoms in total. The quantitative estimate of drug-likeness (QED) is 0.557. The Bertz CT molecular complexity index is 1190. The molecular weight excluding hydrogens is 378 g/mol. The summed E-state index contributed by atoms with van der Waals surface area (Å²) in [4.78, 5) is 15.6. The van der Waals surface area contributed by atoms with Crippen LogP contribution in [0.4, 0.5) is 14.7 Å². The van der Waals surface area contributed by atoms with Crippen molar-refractivity contribution in [2.45, 2.75) is 25.9 Å². The molecule has 0 radical (unpaired) electrons. The molecule has 10 heteroatoms. The van der Waals surface area contributed by atoms with E-state index < -0.39 is 13.0 Å². The largest absolute Gasteiger partial charge is 0.348 e. The molecule has 0 spiro atoms. The number of alkyl halides is 2. The highest BCUT2D eigenvalue weighted by Gasteiger charge is 2.23. The number of likely N-dealkylation sites (N-methyl/N-ethyl adjacent to an activating group) is 1. The van der Waals surface area contributed by atoms with Crippen LogP contribution in [-0.4, -0.2) is 66.6 Å². The lowest BCUT2D eigenvalue weighted by Gasteiger charge is -2.36. The second kappa shape index (κ2) is 6.73. The molecule has 0 saturated carbocycles. The van der Waals surface area contributed by atoms with E-state index in [2.05, 4.69) is 37.3 Å². The number of hydrogen-bond donors (Lipinski definition) is 1. The maximum atomic E-state index is 13.0. The Morgan fingerprint density at radius 1 is 1.21 bits per heavy atom. The Morgan fingerprint density at radius 2 is 2.03 bits per heavy atom. The van der Waals surface area contributed by atoms with Crippen LogP contribution in [0, 0.1) is 6.92 Å². The lowest BCUT2D eigenvalue weighted by Crippen LogP contribution is -2.52. The van der Waals surface area contributed by atoms with Crippen molar-refractivity contribution in [3.05, 3.63) is 36.4 Å². The summed E-state index contributed by atoms with van der Waals surface area (Å²) in [5, 5.41) is 7.84. The zero-order chi connectivity index (χ0) is 20.1. The Labute approximate surface area is 165 Å². The van der Waals surface area contributed by atoms with Crippen LogP contribution < -0.4 is 5.32 Å². The average Bonchev–Trinajstić information content (AvgIpc) is 3.21. The summed E-state index contributed by atoms with van der Waals surface area (Å²) in [6.45, 7) is 3.21. The highest BCUT2D eigenvalue weighted by Crippen LogP contribution is 2.26. The summed E-state index contributed by atoms with van der Waals surface area (Å²) >= 11 is 0. The molecule has 1 N–H and O–H groups in total. The fourth-order valence-electron chi connectivity index (χ4n) is 3.78. The standard InChI is InChI=1S/C19H20F2N8/c1-11-23-15-4-3-14(25-18(15)28(11)10-17(20)21)13-5-6-29-16(13)7-22-19(26-29)24-12-8-27(2)9-12/h3-7,12,17H,8-10H2,1-2H3,(H,24,26). The Kier molecular flexibility index (Phi) is 4.16. The van der Waals surface area contributed by atoms with Crippen molar-refractivity contribution in [1.29, 1.82) is 0 Å². The van der Waals surface area contributed by atoms with Crippen LogP contribution in [0.3, 0.4) is 0 Å². The van der Waals surface area contributed by atoms with Gasteiger partial charge in [0.1, 0.15) is 11.3 Å². The molecule has 5 rings (SSSR count). The number of hydrogen-bond acceptors (Lipinski definition) is 6. The number of likely N-dealkylation sites (tertiary alicyclic amines) is 1. The van der Waals surface area contributed by atoms with Gasteiger partial charge >= 0.3 is 0 Å². The molecule has 0 aliphatic carbocycles. The molecular formula is C19H20F2N8. The van der Waals surface area contributed by atoms with Crippen molar-refractivity contribution in [3.8, 4) is 11.3 Å². The van der Waals surface area contributed by atoms with Crippen LogP contribution in [0.15, 0.2) is 30.6 Å². The van der Waals surface area contributed by atoms with Gasteiger partial charge in [-0.2, -0.15) is 0 Å². The highest BCUT2D eigenvalue weighted by atomic mass is 19.3. The zero-order valence-electron chi connectivity index (χ0n) is 16.0. The number of aromatic nitrogens is 6. The minimum absolute atomic E-state index is 0.356. The van der Waals surface area contributed by atoms with Crippen molar-refractivity contribution in [1.82, 2.24) is 34.0 Å². The average molecular weight is 398 g/mol. The van der Waals surface area contributed by atoms with Crippen LogP contribution in [0.1, 0.15) is 5.82 Å². The van der Waals surface area contributed by atoms with E-state index in [-0.39, 0.29) is 0 Å². The molecule has 29 heavy (non-hydrogen) atoms. The van der Waals surface area contributed by atoms with Gasteiger partial charge in [0.05, 0.1) is 30.0 Å². The second-order valence-electron chi connectivity index (χ2n) is 7.40. The first-order valence-corrected chi connectivity index (χ1v) is 9.40. The zero-order valence-corrected chi connectivity index (χ0v) is 16.0. The molecule has 0 amide bonds. The molecule has 4 aromatic heterocycles. The molecule has 4 aromatic rings. The van der Waals surface area contributed by atoms with Gasteiger partial charge in [-0.3, -0.25) is 0 Å². The van der Waals surface area contributed by atoms with Crippen LogP contribution in [-0.2, 0) is 6.54 Å². The van der Waals surface area contributed by atoms with Gasteiger partial charge in [-0.1, -0.05) is 0 Å². The van der Waals surface area contributed by atoms with E-state index in [0.29, 0.717) is 34.7 Å². The Hall–Kier alpha value is -3.14. The minimum atomic E-state index is -2.47. The summed E-state index contributed by atoms with van der Waals surface area (Å²) in [6.07, 6.45) is 1.13. The molecule has 150 valence electrons. The van der Waals surface area contributed by atoms with Gasteiger partial charge in [-0.05, 0) is 32.2 Å². The fraction of sp³-hybridized carbons (Fsp3) is 0.368. The molecule has 0 bridgehead atoms. The summed E-state index contributed by atoms with van der Waals surface area (Å²) in [7, 11) is 2.07. The third kappa shape index (κ3) is 3.19. The monoisotopic (exact) mass is 398 g/mol. The maximum absolute atomic E-state index is 13.0. The number of nitrogens with zero attached hydrogens (tertiary/aromatic N) is 7. The molecule has 1 aliphatic rings. The maximum Gasteiger partial charge on any atom is 0.256 e. The van der Waals surface area contributed by atoms with E-state index in [4.69, 9.17) is 0 Å². The summed E-state index contributed by atoms with van der Waals surface area (Å²) in [6, 6.07) is 5.90. The van der Waals surface area contributed by atoms with Crippen LogP contribution in [0.5, 0.6) is 0 Å². The normalized spacial score (nSPS) is 15.5. The Morgan fingerprint density at radius 3 is 2.79 bits per heavy atom. The highest BCUT2D eigenvalue weighted by molar-refractivity contribution is 5.82. The number of imidazole rings is 1. The smallest absolute Gasteiger partial charge is 0.256 e. The number of fused-ring (bicyclic) bond motifs is 2. The van der Waals surface area contributed by atoms with Crippen LogP contribution >= 0.6 is 0 Å².